The van der Waals surface area contributed by atoms with E-state index in [0.29, 0.717) is 30.2 Å². The normalized spacial score (nSPS) is 10.0. The number of carbonyl (C=O) groups excluding carboxylic acids is 1. The molecule has 2 aromatic heterocycles. The highest BCUT2D eigenvalue weighted by molar-refractivity contribution is 7.14. The lowest BCUT2D eigenvalue weighted by atomic mass is 10.2. The Labute approximate surface area is 126 Å². The first-order chi connectivity index (χ1) is 10.2. The van der Waals surface area contributed by atoms with Crippen LogP contribution in [0.4, 0.5) is 0 Å². The lowest BCUT2D eigenvalue weighted by molar-refractivity contribution is 0.0957. The summed E-state index contributed by atoms with van der Waals surface area (Å²) in [6, 6.07) is 1.82. The number of aryl methyl sites for hydroxylation is 1. The van der Waals surface area contributed by atoms with E-state index in [1.807, 2.05) is 13.0 Å². The molecule has 0 radical (unpaired) electrons. The Balaban J connectivity index is 1.90. The van der Waals surface area contributed by atoms with Gasteiger partial charge in [-0.3, -0.25) is 4.79 Å². The van der Waals surface area contributed by atoms with Gasteiger partial charge in [-0.15, -0.1) is 11.3 Å². The first-order valence-electron chi connectivity index (χ1n) is 6.44. The van der Waals surface area contributed by atoms with E-state index in [-0.39, 0.29) is 12.5 Å². The van der Waals surface area contributed by atoms with E-state index in [2.05, 4.69) is 27.3 Å². The number of amides is 1. The van der Waals surface area contributed by atoms with Crippen LogP contribution in [0.3, 0.4) is 0 Å². The van der Waals surface area contributed by atoms with Crippen molar-refractivity contribution >= 4 is 17.2 Å². The summed E-state index contributed by atoms with van der Waals surface area (Å²) in [5, 5.41) is 15.0. The van der Waals surface area contributed by atoms with E-state index in [9.17, 15) is 4.79 Å². The zero-order valence-electron chi connectivity index (χ0n) is 11.5. The predicted molar refractivity (Wildman–Crippen MR) is 78.0 cm³/mol. The molecular weight excluding hydrogens is 290 g/mol. The molecule has 0 aliphatic rings. The van der Waals surface area contributed by atoms with E-state index in [4.69, 9.17) is 9.63 Å². The minimum atomic E-state index is -0.141. The fourth-order valence-corrected chi connectivity index (χ4v) is 2.56. The summed E-state index contributed by atoms with van der Waals surface area (Å²) in [6.07, 6.45) is 2.26. The van der Waals surface area contributed by atoms with Crippen molar-refractivity contribution in [1.82, 2.24) is 15.5 Å². The van der Waals surface area contributed by atoms with Crippen molar-refractivity contribution in [1.29, 1.82) is 0 Å². The van der Waals surface area contributed by atoms with E-state index in [0.717, 1.165) is 10.4 Å². The number of aromatic nitrogens is 2. The number of nitrogens with one attached hydrogen (secondary N) is 1. The van der Waals surface area contributed by atoms with Gasteiger partial charge in [0.05, 0.1) is 16.4 Å². The Kier molecular flexibility index (Phi) is 5.49. The van der Waals surface area contributed by atoms with Crippen LogP contribution in [0.15, 0.2) is 16.9 Å². The van der Waals surface area contributed by atoms with Gasteiger partial charge >= 0.3 is 0 Å². The quantitative estimate of drug-likeness (QED) is 0.809. The molecule has 0 unspecified atom stereocenters. The Morgan fingerprint density at radius 3 is 3.14 bits per heavy atom. The first-order valence-corrected chi connectivity index (χ1v) is 7.26. The zero-order chi connectivity index (χ0) is 15.1. The second-order valence-corrected chi connectivity index (χ2v) is 5.29. The van der Waals surface area contributed by atoms with E-state index in [1.54, 1.807) is 0 Å². The van der Waals surface area contributed by atoms with Crippen LogP contribution in [-0.2, 0) is 6.42 Å². The highest BCUT2D eigenvalue weighted by atomic mass is 32.1. The van der Waals surface area contributed by atoms with Crippen LogP contribution < -0.4 is 5.32 Å². The molecule has 0 aliphatic heterocycles. The molecule has 0 saturated carbocycles. The SMILES string of the molecule is Cc1cc(C(=O)NCCc2ncno2)sc1C#CCCO. The van der Waals surface area contributed by atoms with Crippen molar-refractivity contribution in [3.05, 3.63) is 33.6 Å². The maximum Gasteiger partial charge on any atom is 0.261 e. The number of nitrogens with zero attached hydrogens (tertiary/aromatic N) is 2. The topological polar surface area (TPSA) is 88.3 Å². The molecule has 2 aromatic rings. The average molecular weight is 305 g/mol. The number of aliphatic hydroxyl groups is 1. The van der Waals surface area contributed by atoms with E-state index in [1.165, 1.54) is 17.7 Å². The largest absolute Gasteiger partial charge is 0.395 e. The van der Waals surface area contributed by atoms with Gasteiger partial charge < -0.3 is 14.9 Å². The fraction of sp³-hybridized carbons (Fsp3) is 0.357. The number of hydrogen-bond acceptors (Lipinski definition) is 6. The van der Waals surface area contributed by atoms with Crippen LogP contribution in [0.5, 0.6) is 0 Å². The molecule has 2 heterocycles. The number of rotatable bonds is 5. The predicted octanol–water partition coefficient (Wildman–Crippen LogP) is 1.15. The summed E-state index contributed by atoms with van der Waals surface area (Å²) >= 11 is 1.35. The number of carbonyl (C=O) groups is 1. The van der Waals surface area contributed by atoms with Gasteiger partial charge in [-0.25, -0.2) is 0 Å². The van der Waals surface area contributed by atoms with Crippen LogP contribution in [-0.4, -0.2) is 34.3 Å². The van der Waals surface area contributed by atoms with Gasteiger partial charge in [0.1, 0.15) is 0 Å². The third-order valence-corrected chi connectivity index (χ3v) is 3.76. The molecule has 0 atom stereocenters. The smallest absolute Gasteiger partial charge is 0.261 e. The van der Waals surface area contributed by atoms with Crippen molar-refractivity contribution in [2.24, 2.45) is 0 Å². The molecule has 21 heavy (non-hydrogen) atoms. The standard InChI is InChI=1S/C14H15N3O3S/c1-10-8-12(21-11(10)4-2-3-7-18)14(19)15-6-5-13-16-9-17-20-13/h8-9,18H,3,5-7H2,1H3,(H,15,19). The van der Waals surface area contributed by atoms with Gasteiger partial charge in [-0.2, -0.15) is 4.98 Å². The Bertz CT molecular complexity index is 653. The lowest BCUT2D eigenvalue weighted by Crippen LogP contribution is -2.24. The number of hydrogen-bond donors (Lipinski definition) is 2. The van der Waals surface area contributed by atoms with Gasteiger partial charge in [0, 0.05) is 19.4 Å². The monoisotopic (exact) mass is 305 g/mol. The van der Waals surface area contributed by atoms with Crippen molar-refractivity contribution in [3.8, 4) is 11.8 Å². The van der Waals surface area contributed by atoms with Crippen molar-refractivity contribution in [2.75, 3.05) is 13.2 Å². The summed E-state index contributed by atoms with van der Waals surface area (Å²) in [6.45, 7) is 2.39. The average Bonchev–Trinajstić information content (AvgIpc) is 3.09. The fourth-order valence-electron chi connectivity index (χ4n) is 1.59. The lowest BCUT2D eigenvalue weighted by Gasteiger charge is -2.00. The first kappa shape index (κ1) is 15.2. The van der Waals surface area contributed by atoms with Crippen molar-refractivity contribution < 1.29 is 14.4 Å². The third kappa shape index (κ3) is 4.41. The summed E-state index contributed by atoms with van der Waals surface area (Å²) in [5.74, 6) is 6.17. The molecule has 0 aliphatic carbocycles. The second kappa shape index (κ2) is 7.57. The molecule has 2 N–H and O–H groups in total. The van der Waals surface area contributed by atoms with Gasteiger partial charge in [-0.1, -0.05) is 17.0 Å². The van der Waals surface area contributed by atoms with Gasteiger partial charge in [0.15, 0.2) is 6.33 Å². The summed E-state index contributed by atoms with van der Waals surface area (Å²) < 4.78 is 4.85. The van der Waals surface area contributed by atoms with Gasteiger partial charge in [0.25, 0.3) is 5.91 Å². The maximum absolute atomic E-state index is 12.0. The van der Waals surface area contributed by atoms with Crippen molar-refractivity contribution in [2.45, 2.75) is 19.8 Å². The Morgan fingerprint density at radius 1 is 1.57 bits per heavy atom. The molecule has 0 aromatic carbocycles. The zero-order valence-corrected chi connectivity index (χ0v) is 12.4. The Morgan fingerprint density at radius 2 is 2.43 bits per heavy atom. The van der Waals surface area contributed by atoms with Crippen LogP contribution in [0.2, 0.25) is 0 Å². The minimum absolute atomic E-state index is 0.0421. The van der Waals surface area contributed by atoms with E-state index >= 15 is 0 Å². The third-order valence-electron chi connectivity index (χ3n) is 2.61. The molecule has 0 fully saturated rings. The van der Waals surface area contributed by atoms with Gasteiger partial charge in [-0.05, 0) is 18.6 Å². The van der Waals surface area contributed by atoms with Gasteiger partial charge in [0.2, 0.25) is 5.89 Å². The Hall–Kier alpha value is -2.17. The highest BCUT2D eigenvalue weighted by Crippen LogP contribution is 2.20. The molecule has 7 heteroatoms. The molecule has 110 valence electrons. The van der Waals surface area contributed by atoms with Crippen molar-refractivity contribution in [3.63, 3.8) is 0 Å². The minimum Gasteiger partial charge on any atom is -0.395 e. The summed E-state index contributed by atoms with van der Waals surface area (Å²) in [7, 11) is 0. The second-order valence-electron chi connectivity index (χ2n) is 4.24. The molecule has 1 amide bonds. The molecule has 6 nitrogen and oxygen atoms in total. The molecule has 2 rings (SSSR count). The molecule has 0 bridgehead atoms. The molecular formula is C14H15N3O3S. The van der Waals surface area contributed by atoms with Crippen LogP contribution in [0.25, 0.3) is 0 Å². The summed E-state index contributed by atoms with van der Waals surface area (Å²) in [4.78, 5) is 17.4. The van der Waals surface area contributed by atoms with E-state index < -0.39 is 0 Å². The number of thiophene rings is 1. The summed E-state index contributed by atoms with van der Waals surface area (Å²) in [5.41, 5.74) is 0.965. The highest BCUT2D eigenvalue weighted by Gasteiger charge is 2.11. The maximum atomic E-state index is 12.0. The number of aliphatic hydroxyl groups excluding tert-OH is 1. The van der Waals surface area contributed by atoms with Crippen LogP contribution >= 0.6 is 11.3 Å². The van der Waals surface area contributed by atoms with Crippen LogP contribution in [0.1, 0.15) is 32.4 Å². The van der Waals surface area contributed by atoms with Crippen LogP contribution in [0, 0.1) is 18.8 Å². The molecule has 0 saturated heterocycles. The molecule has 0 spiro atoms.